The predicted molar refractivity (Wildman–Crippen MR) is 78.7 cm³/mol. The summed E-state index contributed by atoms with van der Waals surface area (Å²) in [6.07, 6.45) is 4.59. The Balaban J connectivity index is 1.83. The number of aryl methyl sites for hydroxylation is 1. The summed E-state index contributed by atoms with van der Waals surface area (Å²) in [6, 6.07) is 1.79. The molecule has 0 aliphatic carbocycles. The van der Waals surface area contributed by atoms with Gasteiger partial charge in [0.15, 0.2) is 0 Å². The lowest BCUT2D eigenvalue weighted by atomic mass is 10.1. The van der Waals surface area contributed by atoms with E-state index in [4.69, 9.17) is 10.2 Å². The number of hydrogen-bond donors (Lipinski definition) is 1. The maximum Gasteiger partial charge on any atom is 0.257 e. The summed E-state index contributed by atoms with van der Waals surface area (Å²) in [5.41, 5.74) is 6.23. The van der Waals surface area contributed by atoms with Crippen molar-refractivity contribution in [1.29, 1.82) is 0 Å². The van der Waals surface area contributed by atoms with Gasteiger partial charge in [-0.15, -0.1) is 0 Å². The minimum Gasteiger partial charge on any atom is -0.469 e. The molecule has 0 atom stereocenters. The number of carbonyl (C=O) groups excluding carboxylic acids is 1. The Hall–Kier alpha value is -1.33. The first-order chi connectivity index (χ1) is 9.76. The van der Waals surface area contributed by atoms with E-state index in [2.05, 4.69) is 4.90 Å². The van der Waals surface area contributed by atoms with E-state index in [-0.39, 0.29) is 5.91 Å². The molecule has 0 saturated carbocycles. The molecule has 0 radical (unpaired) electrons. The lowest BCUT2D eigenvalue weighted by Gasteiger charge is -2.34. The first kappa shape index (κ1) is 15.1. The van der Waals surface area contributed by atoms with Crippen molar-refractivity contribution in [3.63, 3.8) is 0 Å². The fourth-order valence-corrected chi connectivity index (χ4v) is 2.63. The molecule has 5 nitrogen and oxygen atoms in total. The molecule has 0 spiro atoms. The number of carbonyl (C=O) groups is 1. The molecule has 1 saturated heterocycles. The number of nitrogens with zero attached hydrogens (tertiary/aromatic N) is 2. The Bertz CT molecular complexity index is 423. The Labute approximate surface area is 120 Å². The standard InChI is InChI=1S/C15H25N3O2/c1-2-14-13(5-12-20-14)15(19)18-10-8-17(9-11-18)7-4-3-6-16/h5,12H,2-4,6-11,16H2,1H3. The molecule has 1 aromatic heterocycles. The number of piperazine rings is 1. The Morgan fingerprint density at radius 1 is 1.30 bits per heavy atom. The van der Waals surface area contributed by atoms with E-state index in [1.807, 2.05) is 11.8 Å². The molecule has 2 rings (SSSR count). The van der Waals surface area contributed by atoms with Crippen molar-refractivity contribution in [2.45, 2.75) is 26.2 Å². The minimum absolute atomic E-state index is 0.109. The van der Waals surface area contributed by atoms with Gasteiger partial charge in [-0.3, -0.25) is 9.69 Å². The van der Waals surface area contributed by atoms with Gasteiger partial charge in [-0.25, -0.2) is 0 Å². The van der Waals surface area contributed by atoms with Crippen LogP contribution < -0.4 is 5.73 Å². The molecule has 1 aromatic rings. The van der Waals surface area contributed by atoms with Gasteiger partial charge in [0, 0.05) is 32.6 Å². The molecule has 112 valence electrons. The van der Waals surface area contributed by atoms with Crippen molar-refractivity contribution in [3.05, 3.63) is 23.7 Å². The molecule has 0 aromatic carbocycles. The highest BCUT2D eigenvalue weighted by Gasteiger charge is 2.24. The van der Waals surface area contributed by atoms with Crippen molar-refractivity contribution >= 4 is 5.91 Å². The average molecular weight is 279 g/mol. The van der Waals surface area contributed by atoms with E-state index in [9.17, 15) is 4.79 Å². The normalized spacial score (nSPS) is 16.6. The number of hydrogen-bond acceptors (Lipinski definition) is 4. The van der Waals surface area contributed by atoms with E-state index in [1.165, 1.54) is 0 Å². The zero-order chi connectivity index (χ0) is 14.4. The lowest BCUT2D eigenvalue weighted by Crippen LogP contribution is -2.48. The van der Waals surface area contributed by atoms with Crippen molar-refractivity contribution in [2.75, 3.05) is 39.3 Å². The van der Waals surface area contributed by atoms with Gasteiger partial charge < -0.3 is 15.1 Å². The quantitative estimate of drug-likeness (QED) is 0.798. The second-order valence-corrected chi connectivity index (χ2v) is 5.24. The highest BCUT2D eigenvalue weighted by molar-refractivity contribution is 5.95. The fraction of sp³-hybridized carbons (Fsp3) is 0.667. The SMILES string of the molecule is CCc1occc1C(=O)N1CCN(CCCCN)CC1. The number of unbranched alkanes of at least 4 members (excludes halogenated alkanes) is 1. The van der Waals surface area contributed by atoms with Crippen LogP contribution in [0.3, 0.4) is 0 Å². The Morgan fingerprint density at radius 2 is 2.05 bits per heavy atom. The minimum atomic E-state index is 0.109. The van der Waals surface area contributed by atoms with E-state index in [0.717, 1.165) is 69.9 Å². The number of nitrogens with two attached hydrogens (primary N) is 1. The first-order valence-electron chi connectivity index (χ1n) is 7.54. The molecular weight excluding hydrogens is 254 g/mol. The molecule has 1 aliphatic heterocycles. The number of rotatable bonds is 6. The molecule has 2 N–H and O–H groups in total. The summed E-state index contributed by atoms with van der Waals surface area (Å²) < 4.78 is 5.34. The summed E-state index contributed by atoms with van der Waals surface area (Å²) in [4.78, 5) is 16.8. The van der Waals surface area contributed by atoms with Gasteiger partial charge in [0.25, 0.3) is 5.91 Å². The maximum atomic E-state index is 12.4. The van der Waals surface area contributed by atoms with Crippen LogP contribution in [-0.4, -0.2) is 55.0 Å². The second-order valence-electron chi connectivity index (χ2n) is 5.24. The highest BCUT2D eigenvalue weighted by Crippen LogP contribution is 2.15. The van der Waals surface area contributed by atoms with Gasteiger partial charge in [-0.2, -0.15) is 0 Å². The third kappa shape index (κ3) is 3.61. The van der Waals surface area contributed by atoms with Crippen LogP contribution in [0, 0.1) is 0 Å². The van der Waals surface area contributed by atoms with Crippen LogP contribution in [0.1, 0.15) is 35.9 Å². The molecule has 5 heteroatoms. The molecule has 1 amide bonds. The fourth-order valence-electron chi connectivity index (χ4n) is 2.63. The summed E-state index contributed by atoms with van der Waals surface area (Å²) in [5, 5.41) is 0. The van der Waals surface area contributed by atoms with Crippen LogP contribution in [0.2, 0.25) is 0 Å². The summed E-state index contributed by atoms with van der Waals surface area (Å²) in [7, 11) is 0. The highest BCUT2D eigenvalue weighted by atomic mass is 16.3. The summed E-state index contributed by atoms with van der Waals surface area (Å²) >= 11 is 0. The molecular formula is C15H25N3O2. The van der Waals surface area contributed by atoms with E-state index < -0.39 is 0 Å². The number of furan rings is 1. The van der Waals surface area contributed by atoms with Gasteiger partial charge >= 0.3 is 0 Å². The number of amides is 1. The monoisotopic (exact) mass is 279 g/mol. The second kappa shape index (κ2) is 7.45. The van der Waals surface area contributed by atoms with Crippen LogP contribution >= 0.6 is 0 Å². The molecule has 1 fully saturated rings. The topological polar surface area (TPSA) is 62.7 Å². The third-order valence-corrected chi connectivity index (χ3v) is 3.88. The van der Waals surface area contributed by atoms with Crippen LogP contribution in [0.15, 0.2) is 16.7 Å². The van der Waals surface area contributed by atoms with Crippen molar-refractivity contribution in [2.24, 2.45) is 5.73 Å². The van der Waals surface area contributed by atoms with Crippen molar-refractivity contribution in [3.8, 4) is 0 Å². The molecule has 0 unspecified atom stereocenters. The van der Waals surface area contributed by atoms with E-state index in [0.29, 0.717) is 0 Å². The predicted octanol–water partition coefficient (Wildman–Crippen LogP) is 1.34. The Kier molecular flexibility index (Phi) is 5.61. The summed E-state index contributed by atoms with van der Waals surface area (Å²) in [5.74, 6) is 0.901. The maximum absolute atomic E-state index is 12.4. The van der Waals surface area contributed by atoms with Gasteiger partial charge in [0.1, 0.15) is 5.76 Å². The van der Waals surface area contributed by atoms with E-state index in [1.54, 1.807) is 12.3 Å². The average Bonchev–Trinajstić information content (AvgIpc) is 2.96. The van der Waals surface area contributed by atoms with Crippen molar-refractivity contribution < 1.29 is 9.21 Å². The third-order valence-electron chi connectivity index (χ3n) is 3.88. The molecule has 1 aliphatic rings. The van der Waals surface area contributed by atoms with Gasteiger partial charge in [0.05, 0.1) is 11.8 Å². The van der Waals surface area contributed by atoms with E-state index >= 15 is 0 Å². The molecule has 0 bridgehead atoms. The van der Waals surface area contributed by atoms with Crippen LogP contribution in [0.25, 0.3) is 0 Å². The lowest BCUT2D eigenvalue weighted by molar-refractivity contribution is 0.0633. The van der Waals surface area contributed by atoms with Crippen LogP contribution in [-0.2, 0) is 6.42 Å². The smallest absolute Gasteiger partial charge is 0.257 e. The molecule has 20 heavy (non-hydrogen) atoms. The van der Waals surface area contributed by atoms with Crippen LogP contribution in [0.5, 0.6) is 0 Å². The zero-order valence-corrected chi connectivity index (χ0v) is 12.3. The van der Waals surface area contributed by atoms with Crippen LogP contribution in [0.4, 0.5) is 0 Å². The van der Waals surface area contributed by atoms with Gasteiger partial charge in [0.2, 0.25) is 0 Å². The summed E-state index contributed by atoms with van der Waals surface area (Å²) in [6.45, 7) is 7.37. The zero-order valence-electron chi connectivity index (χ0n) is 12.3. The van der Waals surface area contributed by atoms with Gasteiger partial charge in [-0.05, 0) is 32.0 Å². The molecule has 2 heterocycles. The largest absolute Gasteiger partial charge is 0.469 e. The van der Waals surface area contributed by atoms with Crippen molar-refractivity contribution in [1.82, 2.24) is 9.80 Å². The first-order valence-corrected chi connectivity index (χ1v) is 7.54. The van der Waals surface area contributed by atoms with Gasteiger partial charge in [-0.1, -0.05) is 6.92 Å². The Morgan fingerprint density at radius 3 is 2.70 bits per heavy atom.